The number of aliphatic hydroxyl groups excluding tert-OH is 1. The molecule has 0 heterocycles. The molecule has 0 aromatic carbocycles. The average Bonchev–Trinajstić information content (AvgIpc) is 2.47. The van der Waals surface area contributed by atoms with Crippen LogP contribution in [0.5, 0.6) is 0 Å². The van der Waals surface area contributed by atoms with Crippen molar-refractivity contribution in [2.24, 2.45) is 0 Å². The average molecular weight is 292 g/mol. The zero-order valence-corrected chi connectivity index (χ0v) is 12.4. The van der Waals surface area contributed by atoms with E-state index in [1.165, 1.54) is 0 Å². The number of allylic oxidation sites excluding steroid dienone is 1. The minimum atomic E-state index is 0.0451. The van der Waals surface area contributed by atoms with E-state index in [0.717, 1.165) is 0 Å². The fraction of sp³-hybridized carbons (Fsp3) is 0.857. The van der Waals surface area contributed by atoms with Crippen LogP contribution in [0.2, 0.25) is 0 Å². The maximum Gasteiger partial charge on any atom is 0.0704 e. The summed E-state index contributed by atoms with van der Waals surface area (Å²) >= 11 is 0. The molecular formula is C14H28O6. The molecule has 0 aromatic heterocycles. The second kappa shape index (κ2) is 18.5. The molecule has 0 aliphatic rings. The Bertz CT molecular complexity index is 198. The SMILES string of the molecule is CC=CCOCCOCCOCCOCCOCCO. The normalized spacial score (nSPS) is 11.5. The quantitative estimate of drug-likeness (QED) is 0.333. The summed E-state index contributed by atoms with van der Waals surface area (Å²) in [7, 11) is 0. The number of hydrogen-bond donors (Lipinski definition) is 1. The molecule has 1 N–H and O–H groups in total. The molecule has 0 aliphatic heterocycles. The minimum absolute atomic E-state index is 0.0451. The van der Waals surface area contributed by atoms with Crippen LogP contribution in [0.1, 0.15) is 6.92 Å². The van der Waals surface area contributed by atoms with Crippen LogP contribution in [-0.2, 0) is 23.7 Å². The summed E-state index contributed by atoms with van der Waals surface area (Å²) < 4.78 is 26.2. The van der Waals surface area contributed by atoms with Gasteiger partial charge in [0.05, 0.1) is 72.7 Å². The first-order valence-electron chi connectivity index (χ1n) is 7.02. The molecule has 120 valence electrons. The Morgan fingerprint density at radius 3 is 1.45 bits per heavy atom. The van der Waals surface area contributed by atoms with Gasteiger partial charge in [0, 0.05) is 0 Å². The van der Waals surface area contributed by atoms with E-state index < -0.39 is 0 Å². The second-order valence-electron chi connectivity index (χ2n) is 3.82. The topological polar surface area (TPSA) is 66.4 Å². The standard InChI is InChI=1S/C14H28O6/c1-2-3-5-16-7-9-18-11-13-20-14-12-19-10-8-17-6-4-15/h2-3,15H,4-14H2,1H3. The summed E-state index contributed by atoms with van der Waals surface area (Å²) in [4.78, 5) is 0. The molecule has 0 atom stereocenters. The summed E-state index contributed by atoms with van der Waals surface area (Å²) in [6.07, 6.45) is 3.91. The van der Waals surface area contributed by atoms with Crippen molar-refractivity contribution in [3.63, 3.8) is 0 Å². The zero-order chi connectivity index (χ0) is 14.7. The number of ether oxygens (including phenoxy) is 5. The van der Waals surface area contributed by atoms with Gasteiger partial charge >= 0.3 is 0 Å². The maximum atomic E-state index is 8.47. The first kappa shape index (κ1) is 19.5. The second-order valence-corrected chi connectivity index (χ2v) is 3.82. The first-order valence-corrected chi connectivity index (χ1v) is 7.02. The Kier molecular flexibility index (Phi) is 18.0. The van der Waals surface area contributed by atoms with Gasteiger partial charge in [0.15, 0.2) is 0 Å². The van der Waals surface area contributed by atoms with Gasteiger partial charge in [0.2, 0.25) is 0 Å². The lowest BCUT2D eigenvalue weighted by Gasteiger charge is -2.07. The van der Waals surface area contributed by atoms with Gasteiger partial charge in [-0.25, -0.2) is 0 Å². The van der Waals surface area contributed by atoms with Crippen LogP contribution < -0.4 is 0 Å². The van der Waals surface area contributed by atoms with Crippen molar-refractivity contribution in [2.75, 3.05) is 72.7 Å². The van der Waals surface area contributed by atoms with Crippen molar-refractivity contribution in [2.45, 2.75) is 6.92 Å². The summed E-state index contributed by atoms with van der Waals surface area (Å²) in [5.74, 6) is 0. The lowest BCUT2D eigenvalue weighted by Crippen LogP contribution is -2.13. The number of hydrogen-bond acceptors (Lipinski definition) is 6. The molecule has 6 heteroatoms. The van der Waals surface area contributed by atoms with E-state index in [-0.39, 0.29) is 6.61 Å². The zero-order valence-electron chi connectivity index (χ0n) is 12.4. The molecule has 0 unspecified atom stereocenters. The molecular weight excluding hydrogens is 264 g/mol. The molecule has 0 bridgehead atoms. The third-order valence-corrected chi connectivity index (χ3v) is 2.17. The van der Waals surface area contributed by atoms with E-state index in [1.54, 1.807) is 0 Å². The van der Waals surface area contributed by atoms with Crippen molar-refractivity contribution in [3.05, 3.63) is 12.2 Å². The highest BCUT2D eigenvalue weighted by molar-refractivity contribution is 4.75. The van der Waals surface area contributed by atoms with Crippen LogP contribution in [0.4, 0.5) is 0 Å². The fourth-order valence-corrected chi connectivity index (χ4v) is 1.19. The van der Waals surface area contributed by atoms with Gasteiger partial charge in [-0.2, -0.15) is 0 Å². The Labute approximate surface area is 121 Å². The van der Waals surface area contributed by atoms with E-state index in [4.69, 9.17) is 28.8 Å². The van der Waals surface area contributed by atoms with Crippen molar-refractivity contribution in [3.8, 4) is 0 Å². The monoisotopic (exact) mass is 292 g/mol. The van der Waals surface area contributed by atoms with E-state index in [1.807, 2.05) is 19.1 Å². The Balaban J connectivity index is 2.92. The molecule has 0 rings (SSSR count). The molecule has 0 fully saturated rings. The van der Waals surface area contributed by atoms with E-state index >= 15 is 0 Å². The van der Waals surface area contributed by atoms with E-state index in [2.05, 4.69) is 0 Å². The van der Waals surface area contributed by atoms with Crippen molar-refractivity contribution in [1.29, 1.82) is 0 Å². The summed E-state index contributed by atoms with van der Waals surface area (Å²) in [6.45, 7) is 7.39. The van der Waals surface area contributed by atoms with Gasteiger partial charge in [-0.3, -0.25) is 0 Å². The highest BCUT2D eigenvalue weighted by atomic mass is 16.6. The molecule has 0 aliphatic carbocycles. The smallest absolute Gasteiger partial charge is 0.0704 e. The van der Waals surface area contributed by atoms with Crippen LogP contribution in [0.3, 0.4) is 0 Å². The van der Waals surface area contributed by atoms with Crippen molar-refractivity contribution in [1.82, 2.24) is 0 Å². The van der Waals surface area contributed by atoms with Crippen molar-refractivity contribution >= 4 is 0 Å². The number of rotatable bonds is 16. The lowest BCUT2D eigenvalue weighted by molar-refractivity contribution is -0.0118. The van der Waals surface area contributed by atoms with Gasteiger partial charge in [-0.15, -0.1) is 0 Å². The van der Waals surface area contributed by atoms with Crippen molar-refractivity contribution < 1.29 is 28.8 Å². The van der Waals surface area contributed by atoms with E-state index in [9.17, 15) is 0 Å². The molecule has 0 saturated carbocycles. The number of aliphatic hydroxyl groups is 1. The lowest BCUT2D eigenvalue weighted by atomic mass is 10.5. The van der Waals surface area contributed by atoms with Gasteiger partial charge in [0.25, 0.3) is 0 Å². The molecule has 0 radical (unpaired) electrons. The molecule has 0 spiro atoms. The summed E-state index contributed by atoms with van der Waals surface area (Å²) in [5, 5.41) is 8.47. The molecule has 0 saturated heterocycles. The van der Waals surface area contributed by atoms with E-state index in [0.29, 0.717) is 66.1 Å². The van der Waals surface area contributed by atoms with Gasteiger partial charge in [-0.1, -0.05) is 12.2 Å². The first-order chi connectivity index (χ1) is 9.91. The van der Waals surface area contributed by atoms with Gasteiger partial charge < -0.3 is 28.8 Å². The molecule has 0 aromatic rings. The summed E-state index contributed by atoms with van der Waals surface area (Å²) in [6, 6.07) is 0. The fourth-order valence-electron chi connectivity index (χ4n) is 1.19. The minimum Gasteiger partial charge on any atom is -0.394 e. The molecule has 6 nitrogen and oxygen atoms in total. The molecule has 0 amide bonds. The van der Waals surface area contributed by atoms with Crippen LogP contribution >= 0.6 is 0 Å². The Morgan fingerprint density at radius 2 is 1.05 bits per heavy atom. The van der Waals surface area contributed by atoms with Gasteiger partial charge in [0.1, 0.15) is 0 Å². The van der Waals surface area contributed by atoms with Crippen LogP contribution in [0.25, 0.3) is 0 Å². The largest absolute Gasteiger partial charge is 0.394 e. The highest BCUT2D eigenvalue weighted by Gasteiger charge is 1.92. The third-order valence-electron chi connectivity index (χ3n) is 2.17. The predicted molar refractivity (Wildman–Crippen MR) is 76.0 cm³/mol. The maximum absolute atomic E-state index is 8.47. The van der Waals surface area contributed by atoms with Crippen LogP contribution in [0.15, 0.2) is 12.2 Å². The summed E-state index contributed by atoms with van der Waals surface area (Å²) in [5.41, 5.74) is 0. The highest BCUT2D eigenvalue weighted by Crippen LogP contribution is 1.84. The van der Waals surface area contributed by atoms with Crippen LogP contribution in [-0.4, -0.2) is 77.8 Å². The third kappa shape index (κ3) is 17.5. The Hall–Kier alpha value is -0.500. The molecule has 20 heavy (non-hydrogen) atoms. The Morgan fingerprint density at radius 1 is 0.650 bits per heavy atom. The van der Waals surface area contributed by atoms with Crippen LogP contribution in [0, 0.1) is 0 Å². The van der Waals surface area contributed by atoms with Gasteiger partial charge in [-0.05, 0) is 6.92 Å². The predicted octanol–water partition coefficient (Wildman–Crippen LogP) is 0.638.